The number of carbonyl (C=O) groups is 1. The molecule has 2 aromatic carbocycles. The summed E-state index contributed by atoms with van der Waals surface area (Å²) in [5.74, 6) is 0.401. The lowest BCUT2D eigenvalue weighted by Crippen LogP contribution is -2.34. The number of carbonyl (C=O) groups excluding carboxylic acids is 1. The van der Waals surface area contributed by atoms with E-state index in [1.807, 2.05) is 24.3 Å². The topological polar surface area (TPSA) is 55.1 Å². The van der Waals surface area contributed by atoms with E-state index in [1.165, 1.54) is 12.3 Å². The molecule has 0 bridgehead atoms. The fraction of sp³-hybridized carbons (Fsp3) is 0.238. The second-order valence-electron chi connectivity index (χ2n) is 6.74. The van der Waals surface area contributed by atoms with Crippen LogP contribution in [0.2, 0.25) is 0 Å². The van der Waals surface area contributed by atoms with Gasteiger partial charge in [-0.25, -0.2) is 9.37 Å². The summed E-state index contributed by atoms with van der Waals surface area (Å²) < 4.78 is 20.4. The number of aryl methyl sites for hydroxylation is 1. The van der Waals surface area contributed by atoms with Crippen LogP contribution in [-0.2, 0) is 16.8 Å². The van der Waals surface area contributed by atoms with Crippen molar-refractivity contribution in [1.82, 2.24) is 10.3 Å². The Morgan fingerprint density at radius 1 is 1.19 bits per heavy atom. The zero-order valence-electron chi connectivity index (χ0n) is 14.5. The first-order valence-corrected chi connectivity index (χ1v) is 9.62. The van der Waals surface area contributed by atoms with Gasteiger partial charge in [0.1, 0.15) is 5.82 Å². The highest BCUT2D eigenvalue weighted by Gasteiger charge is 2.45. The predicted molar refractivity (Wildman–Crippen MR) is 103 cm³/mol. The summed E-state index contributed by atoms with van der Waals surface area (Å²) in [6.07, 6.45) is 4.02. The van der Waals surface area contributed by atoms with E-state index >= 15 is 0 Å². The zero-order chi connectivity index (χ0) is 18.9. The Morgan fingerprint density at radius 2 is 1.93 bits per heavy atom. The summed E-state index contributed by atoms with van der Waals surface area (Å²) in [6, 6.07) is 14.4. The van der Waals surface area contributed by atoms with Crippen molar-refractivity contribution >= 4 is 21.8 Å². The van der Waals surface area contributed by atoms with Crippen LogP contribution in [0.4, 0.5) is 4.39 Å². The molecule has 1 fully saturated rings. The molecule has 0 spiro atoms. The molecule has 1 saturated carbocycles. The van der Waals surface area contributed by atoms with Gasteiger partial charge in [-0.2, -0.15) is 0 Å². The third kappa shape index (κ3) is 3.95. The number of nitrogens with zero attached hydrogens (tertiary/aromatic N) is 1. The lowest BCUT2D eigenvalue weighted by Gasteiger charge is -2.18. The lowest BCUT2D eigenvalue weighted by molar-refractivity contribution is -0.122. The summed E-state index contributed by atoms with van der Waals surface area (Å²) in [5.41, 5.74) is 1.25. The fourth-order valence-corrected chi connectivity index (χ4v) is 3.41. The van der Waals surface area contributed by atoms with Gasteiger partial charge >= 0.3 is 0 Å². The maximum absolute atomic E-state index is 13.8. The Labute approximate surface area is 164 Å². The molecule has 1 aromatic heterocycles. The van der Waals surface area contributed by atoms with E-state index in [2.05, 4.69) is 26.2 Å². The summed E-state index contributed by atoms with van der Waals surface area (Å²) in [5, 5.41) is 3.14. The van der Waals surface area contributed by atoms with E-state index in [0.29, 0.717) is 23.6 Å². The number of oxazole rings is 1. The summed E-state index contributed by atoms with van der Waals surface area (Å²) in [4.78, 5) is 16.6. The van der Waals surface area contributed by atoms with Crippen LogP contribution in [0.5, 0.6) is 0 Å². The Morgan fingerprint density at radius 3 is 2.63 bits per heavy atom. The summed E-state index contributed by atoms with van der Waals surface area (Å²) >= 11 is 3.43. The molecule has 0 atom stereocenters. The van der Waals surface area contributed by atoms with Crippen LogP contribution in [0.25, 0.3) is 11.3 Å². The molecule has 1 amide bonds. The third-order valence-electron chi connectivity index (χ3n) is 4.78. The lowest BCUT2D eigenvalue weighted by atomic mass is 10.0. The Kier molecular flexibility index (Phi) is 4.83. The number of hydrogen-bond donors (Lipinski definition) is 1. The SMILES string of the molecule is O=C(CCc1ncc(-c2ccccc2F)o1)NC1(c2ccc(Br)cc2)CC1. The van der Waals surface area contributed by atoms with Gasteiger partial charge in [0.25, 0.3) is 0 Å². The highest BCUT2D eigenvalue weighted by atomic mass is 79.9. The van der Waals surface area contributed by atoms with E-state index in [4.69, 9.17) is 4.42 Å². The molecule has 0 aliphatic heterocycles. The molecule has 1 aliphatic carbocycles. The average molecular weight is 429 g/mol. The van der Waals surface area contributed by atoms with Gasteiger partial charge in [0.05, 0.1) is 17.3 Å². The average Bonchev–Trinajstić information content (AvgIpc) is 3.28. The highest BCUT2D eigenvalue weighted by molar-refractivity contribution is 9.10. The Hall–Kier alpha value is -2.47. The van der Waals surface area contributed by atoms with Crippen LogP contribution >= 0.6 is 15.9 Å². The quantitative estimate of drug-likeness (QED) is 0.601. The van der Waals surface area contributed by atoms with Crippen LogP contribution in [0, 0.1) is 5.82 Å². The number of halogens is 2. The van der Waals surface area contributed by atoms with Crippen molar-refractivity contribution < 1.29 is 13.6 Å². The molecule has 27 heavy (non-hydrogen) atoms. The number of amides is 1. The highest BCUT2D eigenvalue weighted by Crippen LogP contribution is 2.45. The number of nitrogens with one attached hydrogen (secondary N) is 1. The maximum Gasteiger partial charge on any atom is 0.221 e. The zero-order valence-corrected chi connectivity index (χ0v) is 16.1. The second-order valence-corrected chi connectivity index (χ2v) is 7.65. The summed E-state index contributed by atoms with van der Waals surface area (Å²) in [7, 11) is 0. The standard InChI is InChI=1S/C21H18BrFN2O2/c22-15-7-5-14(6-8-15)21(11-12-21)25-19(26)9-10-20-24-13-18(27-20)16-3-1-2-4-17(16)23/h1-8,13H,9-12H2,(H,25,26). The van der Waals surface area contributed by atoms with Crippen molar-refractivity contribution in [2.75, 3.05) is 0 Å². The van der Waals surface area contributed by atoms with Crippen LogP contribution in [0.1, 0.15) is 30.7 Å². The van der Waals surface area contributed by atoms with Crippen molar-refractivity contribution in [1.29, 1.82) is 0 Å². The van der Waals surface area contributed by atoms with Gasteiger partial charge in [-0.15, -0.1) is 0 Å². The van der Waals surface area contributed by atoms with E-state index in [9.17, 15) is 9.18 Å². The Balaban J connectivity index is 1.36. The number of aromatic nitrogens is 1. The Bertz CT molecular complexity index is 964. The molecule has 1 aliphatic rings. The van der Waals surface area contributed by atoms with E-state index in [-0.39, 0.29) is 23.7 Å². The van der Waals surface area contributed by atoms with Gasteiger partial charge in [-0.05, 0) is 42.7 Å². The van der Waals surface area contributed by atoms with Gasteiger partial charge in [0.2, 0.25) is 5.91 Å². The molecule has 0 saturated heterocycles. The molecule has 1 heterocycles. The van der Waals surface area contributed by atoms with Crippen LogP contribution < -0.4 is 5.32 Å². The molecule has 138 valence electrons. The van der Waals surface area contributed by atoms with Crippen LogP contribution in [0.3, 0.4) is 0 Å². The van der Waals surface area contributed by atoms with Gasteiger partial charge in [0, 0.05) is 17.3 Å². The van der Waals surface area contributed by atoms with Crippen molar-refractivity contribution in [3.8, 4) is 11.3 Å². The number of rotatable bonds is 6. The minimum absolute atomic E-state index is 0.0407. The van der Waals surface area contributed by atoms with E-state index in [1.54, 1.807) is 18.2 Å². The monoisotopic (exact) mass is 428 g/mol. The van der Waals surface area contributed by atoms with Gasteiger partial charge < -0.3 is 9.73 Å². The minimum atomic E-state index is -0.358. The van der Waals surface area contributed by atoms with E-state index < -0.39 is 0 Å². The summed E-state index contributed by atoms with van der Waals surface area (Å²) in [6.45, 7) is 0. The van der Waals surface area contributed by atoms with Crippen LogP contribution in [-0.4, -0.2) is 10.9 Å². The van der Waals surface area contributed by atoms with Crippen molar-refractivity contribution in [3.05, 3.63) is 76.5 Å². The first kappa shape index (κ1) is 17.9. The van der Waals surface area contributed by atoms with Crippen LogP contribution in [0.15, 0.2) is 63.6 Å². The normalized spacial score (nSPS) is 14.7. The molecule has 0 radical (unpaired) electrons. The molecule has 0 unspecified atom stereocenters. The molecule has 6 heteroatoms. The molecular formula is C21H18BrFN2O2. The maximum atomic E-state index is 13.8. The van der Waals surface area contributed by atoms with Crippen molar-refractivity contribution in [2.45, 2.75) is 31.2 Å². The molecular weight excluding hydrogens is 411 g/mol. The first-order chi connectivity index (χ1) is 13.1. The predicted octanol–water partition coefficient (Wildman–Crippen LogP) is 4.98. The third-order valence-corrected chi connectivity index (χ3v) is 5.31. The van der Waals surface area contributed by atoms with Crippen molar-refractivity contribution in [3.63, 3.8) is 0 Å². The molecule has 3 aromatic rings. The largest absolute Gasteiger partial charge is 0.441 e. The van der Waals surface area contributed by atoms with E-state index in [0.717, 1.165) is 22.9 Å². The second kappa shape index (κ2) is 7.27. The molecule has 4 rings (SSSR count). The fourth-order valence-electron chi connectivity index (χ4n) is 3.14. The number of hydrogen-bond acceptors (Lipinski definition) is 3. The van der Waals surface area contributed by atoms with Gasteiger partial charge in [-0.3, -0.25) is 4.79 Å². The first-order valence-electron chi connectivity index (χ1n) is 8.82. The molecule has 1 N–H and O–H groups in total. The minimum Gasteiger partial charge on any atom is -0.441 e. The van der Waals surface area contributed by atoms with Gasteiger partial charge in [0.15, 0.2) is 11.7 Å². The van der Waals surface area contributed by atoms with Gasteiger partial charge in [-0.1, -0.05) is 40.2 Å². The van der Waals surface area contributed by atoms with Crippen molar-refractivity contribution in [2.24, 2.45) is 0 Å². The number of benzene rings is 2. The molecule has 4 nitrogen and oxygen atoms in total. The smallest absolute Gasteiger partial charge is 0.221 e.